The average Bonchev–Trinajstić information content (AvgIpc) is 2.83. The minimum Gasteiger partial charge on any atom is -0.445 e. The molecule has 3 aromatic rings. The fraction of sp³-hybridized carbons (Fsp3) is 0.240. The summed E-state index contributed by atoms with van der Waals surface area (Å²) in [5, 5.41) is 15.7. The summed E-state index contributed by atoms with van der Waals surface area (Å²) in [6.45, 7) is 0.166. The van der Waals surface area contributed by atoms with Gasteiger partial charge in [0.05, 0.1) is 6.10 Å². The van der Waals surface area contributed by atoms with Gasteiger partial charge in [0.1, 0.15) is 12.6 Å². The third-order valence-corrected chi connectivity index (χ3v) is 4.95. The topological polar surface area (TPSA) is 70.6 Å². The molecule has 5 nitrogen and oxygen atoms in total. The monoisotopic (exact) mass is 440 g/mol. The minimum atomic E-state index is -3.53. The molecule has 0 bridgehead atoms. The molecular formula is C25H26F2N2O3. The van der Waals surface area contributed by atoms with E-state index in [0.29, 0.717) is 6.54 Å². The Kier molecular flexibility index (Phi) is 8.30. The molecule has 32 heavy (non-hydrogen) atoms. The van der Waals surface area contributed by atoms with Crippen molar-refractivity contribution in [3.8, 4) is 0 Å². The quantitative estimate of drug-likeness (QED) is 0.441. The Balaban J connectivity index is 1.67. The Morgan fingerprint density at radius 3 is 2.00 bits per heavy atom. The van der Waals surface area contributed by atoms with E-state index in [9.17, 15) is 9.90 Å². The van der Waals surface area contributed by atoms with E-state index < -0.39 is 24.2 Å². The minimum absolute atomic E-state index is 0.0708. The van der Waals surface area contributed by atoms with Crippen LogP contribution in [0.5, 0.6) is 0 Å². The third-order valence-electron chi connectivity index (χ3n) is 4.95. The number of alkyl carbamates (subject to hydrolysis) is 1. The number of nitrogens with one attached hydrogen (secondary N) is 2. The summed E-state index contributed by atoms with van der Waals surface area (Å²) in [5.74, 6) is -3.53. The molecule has 0 unspecified atom stereocenters. The summed E-state index contributed by atoms with van der Waals surface area (Å²) in [5.41, 5.74) is 1.36. The van der Waals surface area contributed by atoms with Crippen molar-refractivity contribution >= 4 is 6.09 Å². The molecule has 0 spiro atoms. The molecule has 0 saturated heterocycles. The second-order valence-corrected chi connectivity index (χ2v) is 7.36. The summed E-state index contributed by atoms with van der Waals surface area (Å²) >= 11 is 0. The number of hydrogen-bond acceptors (Lipinski definition) is 4. The lowest BCUT2D eigenvalue weighted by Gasteiger charge is -2.31. The van der Waals surface area contributed by atoms with Gasteiger partial charge in [0, 0.05) is 18.7 Å². The van der Waals surface area contributed by atoms with Crippen LogP contribution in [0.3, 0.4) is 0 Å². The van der Waals surface area contributed by atoms with Gasteiger partial charge >= 0.3 is 6.09 Å². The van der Waals surface area contributed by atoms with Crippen LogP contribution in [0.15, 0.2) is 91.0 Å². The summed E-state index contributed by atoms with van der Waals surface area (Å²) < 4.78 is 35.7. The Labute approximate surface area is 186 Å². The summed E-state index contributed by atoms with van der Waals surface area (Å²) in [6.07, 6.45) is -2.60. The van der Waals surface area contributed by atoms with Crippen molar-refractivity contribution < 1.29 is 23.4 Å². The molecule has 0 saturated carbocycles. The highest BCUT2D eigenvalue weighted by Gasteiger charge is 2.46. The van der Waals surface area contributed by atoms with Crippen LogP contribution in [0.25, 0.3) is 0 Å². The lowest BCUT2D eigenvalue weighted by atomic mass is 9.96. The standard InChI is InChI=1S/C25H26F2N2O3/c26-25(27,21-14-8-3-9-15-21)23(22(30)17-28-16-19-10-4-1-5-11-19)29-24(31)32-18-20-12-6-2-7-13-20/h1-15,22-23,28,30H,16-18H2,(H,29,31)/t22-,23-/m1/s1. The number of alkyl halides is 2. The lowest BCUT2D eigenvalue weighted by Crippen LogP contribution is -2.55. The summed E-state index contributed by atoms with van der Waals surface area (Å²) in [4.78, 5) is 12.3. The average molecular weight is 440 g/mol. The maximum Gasteiger partial charge on any atom is 0.407 e. The van der Waals surface area contributed by atoms with Gasteiger partial charge in [-0.05, 0) is 11.1 Å². The zero-order chi connectivity index (χ0) is 22.8. The molecule has 3 N–H and O–H groups in total. The highest BCUT2D eigenvalue weighted by Crippen LogP contribution is 2.33. The fourth-order valence-corrected chi connectivity index (χ4v) is 3.24. The van der Waals surface area contributed by atoms with Gasteiger partial charge in [0.2, 0.25) is 0 Å². The van der Waals surface area contributed by atoms with Crippen LogP contribution in [-0.4, -0.2) is 29.9 Å². The first-order valence-corrected chi connectivity index (χ1v) is 10.3. The van der Waals surface area contributed by atoms with E-state index in [2.05, 4.69) is 10.6 Å². The molecule has 0 aromatic heterocycles. The van der Waals surface area contributed by atoms with Crippen LogP contribution in [0, 0.1) is 0 Å². The van der Waals surface area contributed by atoms with Crippen molar-refractivity contribution in [1.29, 1.82) is 0 Å². The van der Waals surface area contributed by atoms with Crippen LogP contribution in [-0.2, 0) is 23.8 Å². The third kappa shape index (κ3) is 6.60. The van der Waals surface area contributed by atoms with Crippen molar-refractivity contribution in [2.75, 3.05) is 6.54 Å². The number of carbonyl (C=O) groups excluding carboxylic acids is 1. The SMILES string of the molecule is O=C(N[C@H]([C@H](O)CNCc1ccccc1)C(F)(F)c1ccccc1)OCc1ccccc1. The maximum absolute atomic E-state index is 15.3. The number of carbonyl (C=O) groups is 1. The zero-order valence-electron chi connectivity index (χ0n) is 17.5. The summed E-state index contributed by atoms with van der Waals surface area (Å²) in [7, 11) is 0. The van der Waals surface area contributed by atoms with Crippen LogP contribution in [0.4, 0.5) is 13.6 Å². The molecule has 0 radical (unpaired) electrons. The van der Waals surface area contributed by atoms with E-state index in [1.165, 1.54) is 24.3 Å². The molecular weight excluding hydrogens is 414 g/mol. The van der Waals surface area contributed by atoms with Gasteiger partial charge in [-0.15, -0.1) is 0 Å². The number of aliphatic hydroxyl groups excluding tert-OH is 1. The van der Waals surface area contributed by atoms with Crippen LogP contribution < -0.4 is 10.6 Å². The summed E-state index contributed by atoms with van der Waals surface area (Å²) in [6, 6.07) is 23.5. The first-order valence-electron chi connectivity index (χ1n) is 10.3. The van der Waals surface area contributed by atoms with E-state index in [0.717, 1.165) is 11.1 Å². The second kappa shape index (κ2) is 11.4. The number of amides is 1. The second-order valence-electron chi connectivity index (χ2n) is 7.36. The van der Waals surface area contributed by atoms with E-state index in [1.54, 1.807) is 30.3 Å². The first kappa shape index (κ1) is 23.4. The number of hydrogen-bond donors (Lipinski definition) is 3. The van der Waals surface area contributed by atoms with Crippen molar-refractivity contribution in [3.63, 3.8) is 0 Å². The normalized spacial score (nSPS) is 13.2. The van der Waals surface area contributed by atoms with Crippen molar-refractivity contribution in [2.45, 2.75) is 31.2 Å². The predicted molar refractivity (Wildman–Crippen MR) is 118 cm³/mol. The van der Waals surface area contributed by atoms with Gasteiger partial charge in [0.15, 0.2) is 0 Å². The zero-order valence-corrected chi connectivity index (χ0v) is 17.5. The molecule has 0 aliphatic rings. The number of ether oxygens (including phenoxy) is 1. The smallest absolute Gasteiger partial charge is 0.407 e. The molecule has 3 aromatic carbocycles. The highest BCUT2D eigenvalue weighted by atomic mass is 19.3. The lowest BCUT2D eigenvalue weighted by molar-refractivity contribution is -0.0825. The van der Waals surface area contributed by atoms with Crippen LogP contribution in [0.2, 0.25) is 0 Å². The Hall–Kier alpha value is -3.29. The molecule has 0 fully saturated rings. The Morgan fingerprint density at radius 1 is 0.875 bits per heavy atom. The predicted octanol–water partition coefficient (Wildman–Crippen LogP) is 4.22. The molecule has 2 atom stereocenters. The number of rotatable bonds is 10. The molecule has 3 rings (SSSR count). The van der Waals surface area contributed by atoms with Crippen LogP contribution in [0.1, 0.15) is 16.7 Å². The van der Waals surface area contributed by atoms with Gasteiger partial charge in [-0.1, -0.05) is 91.0 Å². The molecule has 1 amide bonds. The van der Waals surface area contributed by atoms with E-state index >= 15 is 8.78 Å². The van der Waals surface area contributed by atoms with Crippen molar-refractivity contribution in [2.24, 2.45) is 0 Å². The molecule has 7 heteroatoms. The van der Waals surface area contributed by atoms with Crippen LogP contribution >= 0.6 is 0 Å². The van der Waals surface area contributed by atoms with Gasteiger partial charge in [-0.25, -0.2) is 4.79 Å². The van der Waals surface area contributed by atoms with Gasteiger partial charge in [-0.2, -0.15) is 8.78 Å². The Morgan fingerprint density at radius 2 is 1.41 bits per heavy atom. The fourth-order valence-electron chi connectivity index (χ4n) is 3.24. The number of benzene rings is 3. The number of halogens is 2. The number of aliphatic hydroxyl groups is 1. The van der Waals surface area contributed by atoms with E-state index in [4.69, 9.17) is 4.74 Å². The van der Waals surface area contributed by atoms with E-state index in [1.807, 2.05) is 36.4 Å². The first-order chi connectivity index (χ1) is 15.5. The molecule has 0 aliphatic heterocycles. The molecule has 0 aliphatic carbocycles. The van der Waals surface area contributed by atoms with Gasteiger partial charge in [-0.3, -0.25) is 0 Å². The van der Waals surface area contributed by atoms with Gasteiger partial charge < -0.3 is 20.5 Å². The van der Waals surface area contributed by atoms with Gasteiger partial charge in [0.25, 0.3) is 5.92 Å². The Bertz CT molecular complexity index is 957. The van der Waals surface area contributed by atoms with Crippen molar-refractivity contribution in [3.05, 3.63) is 108 Å². The van der Waals surface area contributed by atoms with E-state index in [-0.39, 0.29) is 18.7 Å². The molecule has 168 valence electrons. The maximum atomic E-state index is 15.3. The largest absolute Gasteiger partial charge is 0.445 e. The molecule has 0 heterocycles. The van der Waals surface area contributed by atoms with Crippen molar-refractivity contribution in [1.82, 2.24) is 10.6 Å². The highest BCUT2D eigenvalue weighted by molar-refractivity contribution is 5.68.